The Morgan fingerprint density at radius 2 is 1.96 bits per heavy atom. The van der Waals surface area contributed by atoms with Crippen LogP contribution >= 0.6 is 0 Å². The maximum absolute atomic E-state index is 13.3. The highest BCUT2D eigenvalue weighted by atomic mass is 19.4. The monoisotopic (exact) mass is 398 g/mol. The Balaban J connectivity index is 1.94. The normalized spacial score (nSPS) is 21.7. The van der Waals surface area contributed by atoms with E-state index in [0.717, 1.165) is 37.8 Å². The summed E-state index contributed by atoms with van der Waals surface area (Å²) in [5.74, 6) is -0.924. The highest BCUT2D eigenvalue weighted by Gasteiger charge is 2.53. The number of carbonyl (C=O) groups excluding carboxylic acids is 2. The lowest BCUT2D eigenvalue weighted by atomic mass is 9.89. The molecule has 1 aliphatic carbocycles. The number of hydrogen-bond acceptors (Lipinski definition) is 3. The fourth-order valence-electron chi connectivity index (χ4n) is 4.00. The molecule has 8 heteroatoms. The summed E-state index contributed by atoms with van der Waals surface area (Å²) < 4.78 is 45.2. The molecule has 1 atom stereocenters. The Morgan fingerprint density at radius 1 is 1.25 bits per heavy atom. The number of nitrogens with one attached hydrogen (secondary N) is 1. The summed E-state index contributed by atoms with van der Waals surface area (Å²) >= 11 is 0. The zero-order chi connectivity index (χ0) is 20.4. The summed E-state index contributed by atoms with van der Waals surface area (Å²) in [4.78, 5) is 27.3. The van der Waals surface area contributed by atoms with Crippen LogP contribution in [0.5, 0.6) is 0 Å². The minimum absolute atomic E-state index is 0.0558. The van der Waals surface area contributed by atoms with E-state index in [9.17, 15) is 22.8 Å². The van der Waals surface area contributed by atoms with Crippen molar-refractivity contribution in [2.45, 2.75) is 63.4 Å². The maximum atomic E-state index is 13.3. The van der Waals surface area contributed by atoms with Gasteiger partial charge in [0.2, 0.25) is 5.91 Å². The third-order valence-electron chi connectivity index (χ3n) is 5.40. The Kier molecular flexibility index (Phi) is 5.98. The topological polar surface area (TPSA) is 58.6 Å². The van der Waals surface area contributed by atoms with Crippen molar-refractivity contribution in [2.75, 3.05) is 13.2 Å². The number of ether oxygens (including phenoxy) is 1. The third kappa shape index (κ3) is 4.01. The zero-order valence-corrected chi connectivity index (χ0v) is 15.8. The maximum Gasteiger partial charge on any atom is 0.416 e. The van der Waals surface area contributed by atoms with Gasteiger partial charge < -0.3 is 10.1 Å². The van der Waals surface area contributed by atoms with Crippen molar-refractivity contribution in [2.24, 2.45) is 0 Å². The molecule has 1 aromatic rings. The fraction of sp³-hybridized carbons (Fsp3) is 0.600. The number of hydrogen-bond donors (Lipinski definition) is 1. The molecule has 1 N–H and O–H groups in total. The minimum Gasteiger partial charge on any atom is -0.354 e. The van der Waals surface area contributed by atoms with Crippen molar-refractivity contribution in [1.82, 2.24) is 10.2 Å². The molecule has 1 spiro atoms. The van der Waals surface area contributed by atoms with Crippen molar-refractivity contribution in [3.63, 3.8) is 0 Å². The summed E-state index contributed by atoms with van der Waals surface area (Å²) in [6.45, 7) is 2.44. The molecule has 1 saturated carbocycles. The number of benzene rings is 1. The van der Waals surface area contributed by atoms with Crippen molar-refractivity contribution in [1.29, 1.82) is 0 Å². The molecule has 0 unspecified atom stereocenters. The second kappa shape index (κ2) is 8.11. The van der Waals surface area contributed by atoms with Gasteiger partial charge in [0.05, 0.1) is 12.2 Å². The molecule has 2 aliphatic rings. The number of alkyl halides is 3. The summed E-state index contributed by atoms with van der Waals surface area (Å²) in [7, 11) is 0. The van der Waals surface area contributed by atoms with Gasteiger partial charge in [-0.1, -0.05) is 19.4 Å². The van der Waals surface area contributed by atoms with Crippen molar-refractivity contribution >= 4 is 11.8 Å². The van der Waals surface area contributed by atoms with E-state index in [1.165, 1.54) is 17.0 Å². The van der Waals surface area contributed by atoms with Crippen molar-refractivity contribution < 1.29 is 27.5 Å². The lowest BCUT2D eigenvalue weighted by molar-refractivity contribution is -0.137. The molecule has 154 valence electrons. The third-order valence-corrected chi connectivity index (χ3v) is 5.40. The molecule has 1 heterocycles. The van der Waals surface area contributed by atoms with Crippen molar-refractivity contribution in [3.8, 4) is 0 Å². The largest absolute Gasteiger partial charge is 0.416 e. The predicted molar refractivity (Wildman–Crippen MR) is 96.5 cm³/mol. The first-order valence-electron chi connectivity index (χ1n) is 9.71. The van der Waals surface area contributed by atoms with Gasteiger partial charge in [0.1, 0.15) is 11.8 Å². The first kappa shape index (κ1) is 20.6. The Morgan fingerprint density at radius 3 is 2.61 bits per heavy atom. The molecule has 0 radical (unpaired) electrons. The molecule has 1 saturated heterocycles. The molecule has 3 rings (SSSR count). The van der Waals surface area contributed by atoms with Crippen LogP contribution in [0.15, 0.2) is 24.3 Å². The van der Waals surface area contributed by atoms with E-state index in [1.807, 2.05) is 6.92 Å². The second-order valence-corrected chi connectivity index (χ2v) is 7.38. The molecule has 28 heavy (non-hydrogen) atoms. The molecular weight excluding hydrogens is 373 g/mol. The van der Waals surface area contributed by atoms with E-state index >= 15 is 0 Å². The number of rotatable bonds is 4. The summed E-state index contributed by atoms with van der Waals surface area (Å²) in [5.41, 5.74) is -1.89. The smallest absolute Gasteiger partial charge is 0.354 e. The molecule has 2 fully saturated rings. The van der Waals surface area contributed by atoms with Gasteiger partial charge in [0, 0.05) is 12.1 Å². The lowest BCUT2D eigenvalue weighted by Crippen LogP contribution is -2.56. The highest BCUT2D eigenvalue weighted by molar-refractivity contribution is 5.98. The molecule has 1 aromatic carbocycles. The van der Waals surface area contributed by atoms with Crippen LogP contribution in [0.2, 0.25) is 0 Å². The molecule has 1 aliphatic heterocycles. The van der Waals surface area contributed by atoms with Crippen LogP contribution in [-0.4, -0.2) is 41.6 Å². The van der Waals surface area contributed by atoms with Gasteiger partial charge in [-0.15, -0.1) is 0 Å². The van der Waals surface area contributed by atoms with Gasteiger partial charge in [0.25, 0.3) is 5.91 Å². The molecule has 0 bridgehead atoms. The van der Waals surface area contributed by atoms with E-state index in [-0.39, 0.29) is 18.1 Å². The fourth-order valence-corrected chi connectivity index (χ4v) is 4.00. The van der Waals surface area contributed by atoms with Crippen LogP contribution < -0.4 is 5.32 Å². The first-order chi connectivity index (χ1) is 13.3. The standard InChI is InChI=1S/C20H25F3N2O3/c1-2-11-24-17(26)16-13-28-19(9-4-3-5-10-19)25(16)18(27)14-7-6-8-15(12-14)20(21,22)23/h6-8,12,16H,2-5,9-11,13H2,1H3,(H,24,26)/t16-/m0/s1. The van der Waals surface area contributed by atoms with E-state index in [2.05, 4.69) is 5.32 Å². The van der Waals surface area contributed by atoms with Crippen LogP contribution in [0, 0.1) is 0 Å². The van der Waals surface area contributed by atoms with E-state index in [0.29, 0.717) is 19.4 Å². The van der Waals surface area contributed by atoms with Gasteiger partial charge in [-0.2, -0.15) is 13.2 Å². The van der Waals surface area contributed by atoms with Crippen molar-refractivity contribution in [3.05, 3.63) is 35.4 Å². The summed E-state index contributed by atoms with van der Waals surface area (Å²) in [5, 5.41) is 2.78. The number of nitrogens with zero attached hydrogens (tertiary/aromatic N) is 1. The Labute approximate surface area is 162 Å². The van der Waals surface area contributed by atoms with Crippen LogP contribution in [-0.2, 0) is 15.7 Å². The molecular formula is C20H25F3N2O3. The van der Waals surface area contributed by atoms with Crippen LogP contribution in [0.25, 0.3) is 0 Å². The number of halogens is 3. The number of carbonyl (C=O) groups is 2. The molecule has 5 nitrogen and oxygen atoms in total. The Bertz CT molecular complexity index is 730. The predicted octanol–water partition coefficient (Wildman–Crippen LogP) is 3.73. The average molecular weight is 398 g/mol. The van der Waals surface area contributed by atoms with Gasteiger partial charge in [0.15, 0.2) is 0 Å². The summed E-state index contributed by atoms with van der Waals surface area (Å²) in [6.07, 6.45) is 0.0452. The number of amides is 2. The van der Waals surface area contributed by atoms with Gasteiger partial charge in [-0.25, -0.2) is 0 Å². The minimum atomic E-state index is -4.54. The van der Waals surface area contributed by atoms with Gasteiger partial charge in [-0.05, 0) is 50.3 Å². The van der Waals surface area contributed by atoms with E-state index in [4.69, 9.17) is 4.74 Å². The van der Waals surface area contributed by atoms with Crippen LogP contribution in [0.4, 0.5) is 13.2 Å². The quantitative estimate of drug-likeness (QED) is 0.841. The molecule has 2 amide bonds. The van der Waals surface area contributed by atoms with E-state index in [1.54, 1.807) is 0 Å². The van der Waals surface area contributed by atoms with Gasteiger partial charge >= 0.3 is 6.18 Å². The van der Waals surface area contributed by atoms with Gasteiger partial charge in [-0.3, -0.25) is 14.5 Å². The van der Waals surface area contributed by atoms with Crippen LogP contribution in [0.3, 0.4) is 0 Å². The van der Waals surface area contributed by atoms with E-state index < -0.39 is 29.4 Å². The SMILES string of the molecule is CCCNC(=O)[C@@H]1COC2(CCCCC2)N1C(=O)c1cccc(C(F)(F)F)c1. The first-order valence-corrected chi connectivity index (χ1v) is 9.71. The lowest BCUT2D eigenvalue weighted by Gasteiger charge is -2.41. The zero-order valence-electron chi connectivity index (χ0n) is 15.8. The second-order valence-electron chi connectivity index (χ2n) is 7.38. The van der Waals surface area contributed by atoms with Crippen LogP contribution in [0.1, 0.15) is 61.4 Å². The Hall–Kier alpha value is -2.09. The average Bonchev–Trinajstić information content (AvgIpc) is 3.04. The molecule has 0 aromatic heterocycles. The highest BCUT2D eigenvalue weighted by Crippen LogP contribution is 2.41. The summed E-state index contributed by atoms with van der Waals surface area (Å²) in [6, 6.07) is 3.50.